The second-order valence-electron chi connectivity index (χ2n) is 6.68. The largest absolute Gasteiger partial charge is 0.497 e. The number of anilines is 1. The Labute approximate surface area is 161 Å². The third-order valence-corrected chi connectivity index (χ3v) is 4.96. The molecule has 1 N–H and O–H groups in total. The summed E-state index contributed by atoms with van der Waals surface area (Å²) < 4.78 is 5.26. The smallest absolute Gasteiger partial charge is 0.272 e. The number of hydrogen-bond donors (Lipinski definition) is 1. The number of hydrogen-bond acceptors (Lipinski definition) is 5. The lowest BCUT2D eigenvalue weighted by Gasteiger charge is -2.33. The number of ether oxygens (including phenoxy) is 1. The summed E-state index contributed by atoms with van der Waals surface area (Å²) in [7, 11) is 1.68. The zero-order chi connectivity index (χ0) is 19.1. The van der Waals surface area contributed by atoms with Crippen LogP contribution in [0.15, 0.2) is 42.6 Å². The van der Waals surface area contributed by atoms with Gasteiger partial charge in [-0.05, 0) is 42.8 Å². The Morgan fingerprint density at radius 3 is 2.74 bits per heavy atom. The lowest BCUT2D eigenvalue weighted by molar-refractivity contribution is 0.0637. The first-order valence-corrected chi connectivity index (χ1v) is 9.54. The number of rotatable bonds is 7. The van der Waals surface area contributed by atoms with Crippen LogP contribution >= 0.6 is 0 Å². The summed E-state index contributed by atoms with van der Waals surface area (Å²) in [5, 5.41) is 3.39. The number of likely N-dealkylation sites (N-methyl/N-ethyl adjacent to an activating group) is 1. The highest BCUT2D eigenvalue weighted by Gasteiger charge is 2.22. The third-order valence-electron chi connectivity index (χ3n) is 4.96. The molecule has 1 aromatic heterocycles. The normalized spacial score (nSPS) is 14.8. The molecule has 1 amide bonds. The molecule has 27 heavy (non-hydrogen) atoms. The summed E-state index contributed by atoms with van der Waals surface area (Å²) in [5.41, 5.74) is 2.63. The Hall–Kier alpha value is -2.60. The molecule has 1 aliphatic rings. The van der Waals surface area contributed by atoms with Gasteiger partial charge in [0.25, 0.3) is 5.91 Å². The van der Waals surface area contributed by atoms with Gasteiger partial charge < -0.3 is 19.9 Å². The minimum absolute atomic E-state index is 0.0159. The predicted octanol–water partition coefficient (Wildman–Crippen LogP) is 2.52. The van der Waals surface area contributed by atoms with Crippen LogP contribution in [-0.2, 0) is 6.42 Å². The SMILES string of the molecule is CCN1CCN(C(=O)c2cc(NCCc3cccc(OC)c3)ccn2)CC1. The van der Waals surface area contributed by atoms with Gasteiger partial charge in [0.15, 0.2) is 0 Å². The second kappa shape index (κ2) is 9.37. The first-order valence-electron chi connectivity index (χ1n) is 9.54. The molecular weight excluding hydrogens is 340 g/mol. The van der Waals surface area contributed by atoms with Crippen LogP contribution in [0.1, 0.15) is 23.0 Å². The number of nitrogens with one attached hydrogen (secondary N) is 1. The van der Waals surface area contributed by atoms with Crippen LogP contribution in [0.2, 0.25) is 0 Å². The number of aromatic nitrogens is 1. The van der Waals surface area contributed by atoms with Crippen LogP contribution < -0.4 is 10.1 Å². The van der Waals surface area contributed by atoms with Crippen molar-refractivity contribution in [3.63, 3.8) is 0 Å². The van der Waals surface area contributed by atoms with Crippen molar-refractivity contribution in [2.75, 3.05) is 51.7 Å². The number of carbonyl (C=O) groups excluding carboxylic acids is 1. The number of pyridine rings is 1. The maximum Gasteiger partial charge on any atom is 0.272 e. The predicted molar refractivity (Wildman–Crippen MR) is 107 cm³/mol. The van der Waals surface area contributed by atoms with Gasteiger partial charge in [0.05, 0.1) is 7.11 Å². The van der Waals surface area contributed by atoms with E-state index in [1.54, 1.807) is 13.3 Å². The molecule has 0 unspecified atom stereocenters. The molecule has 0 aliphatic carbocycles. The van der Waals surface area contributed by atoms with Crippen molar-refractivity contribution in [3.8, 4) is 5.75 Å². The van der Waals surface area contributed by atoms with Gasteiger partial charge in [0.2, 0.25) is 0 Å². The quantitative estimate of drug-likeness (QED) is 0.814. The standard InChI is InChI=1S/C21H28N4O2/c1-3-24-11-13-25(14-12-24)21(26)20-16-18(8-10-23-20)22-9-7-17-5-4-6-19(15-17)27-2/h4-6,8,10,15-16H,3,7,9,11-14H2,1-2H3,(H,22,23). The van der Waals surface area contributed by atoms with E-state index in [1.807, 2.05) is 35.2 Å². The van der Waals surface area contributed by atoms with Gasteiger partial charge in [0, 0.05) is 44.6 Å². The minimum Gasteiger partial charge on any atom is -0.497 e. The summed E-state index contributed by atoms with van der Waals surface area (Å²) in [4.78, 5) is 21.2. The highest BCUT2D eigenvalue weighted by molar-refractivity contribution is 5.93. The van der Waals surface area contributed by atoms with E-state index in [9.17, 15) is 4.79 Å². The lowest BCUT2D eigenvalue weighted by Crippen LogP contribution is -2.48. The van der Waals surface area contributed by atoms with Crippen molar-refractivity contribution in [2.45, 2.75) is 13.3 Å². The Kier molecular flexibility index (Phi) is 6.65. The Bertz CT molecular complexity index is 757. The van der Waals surface area contributed by atoms with E-state index in [1.165, 1.54) is 5.56 Å². The molecule has 1 fully saturated rings. The van der Waals surface area contributed by atoms with Crippen LogP contribution in [0.25, 0.3) is 0 Å². The van der Waals surface area contributed by atoms with Crippen LogP contribution in [0, 0.1) is 0 Å². The first kappa shape index (κ1) is 19.2. The fourth-order valence-electron chi connectivity index (χ4n) is 3.27. The number of amides is 1. The minimum atomic E-state index is 0.0159. The van der Waals surface area contributed by atoms with Crippen LogP contribution in [0.4, 0.5) is 5.69 Å². The van der Waals surface area contributed by atoms with E-state index in [0.29, 0.717) is 5.69 Å². The van der Waals surface area contributed by atoms with Gasteiger partial charge in [-0.2, -0.15) is 0 Å². The monoisotopic (exact) mass is 368 g/mol. The molecule has 0 atom stereocenters. The van der Waals surface area contributed by atoms with Crippen molar-refractivity contribution < 1.29 is 9.53 Å². The van der Waals surface area contributed by atoms with Gasteiger partial charge in [-0.25, -0.2) is 0 Å². The van der Waals surface area contributed by atoms with Gasteiger partial charge in [-0.3, -0.25) is 9.78 Å². The highest BCUT2D eigenvalue weighted by Crippen LogP contribution is 2.15. The molecule has 1 aliphatic heterocycles. The maximum absolute atomic E-state index is 12.7. The summed E-state index contributed by atoms with van der Waals surface area (Å²) in [6, 6.07) is 11.8. The summed E-state index contributed by atoms with van der Waals surface area (Å²) in [6.45, 7) is 7.36. The first-order chi connectivity index (χ1) is 13.2. The molecule has 0 spiro atoms. The zero-order valence-electron chi connectivity index (χ0n) is 16.1. The summed E-state index contributed by atoms with van der Waals surface area (Å²) in [6.07, 6.45) is 2.57. The highest BCUT2D eigenvalue weighted by atomic mass is 16.5. The topological polar surface area (TPSA) is 57.7 Å². The van der Waals surface area contributed by atoms with Gasteiger partial charge in [0.1, 0.15) is 11.4 Å². The van der Waals surface area contributed by atoms with E-state index >= 15 is 0 Å². The summed E-state index contributed by atoms with van der Waals surface area (Å²) >= 11 is 0. The molecular formula is C21H28N4O2. The Balaban J connectivity index is 1.54. The van der Waals surface area contributed by atoms with Crippen LogP contribution in [-0.4, -0.2) is 67.1 Å². The van der Waals surface area contributed by atoms with Crippen molar-refractivity contribution in [1.29, 1.82) is 0 Å². The molecule has 2 heterocycles. The Morgan fingerprint density at radius 1 is 1.19 bits per heavy atom. The molecule has 6 heteroatoms. The number of benzene rings is 1. The molecule has 144 valence electrons. The number of methoxy groups -OCH3 is 1. The molecule has 0 bridgehead atoms. The second-order valence-corrected chi connectivity index (χ2v) is 6.68. The molecule has 1 saturated heterocycles. The van der Waals surface area contributed by atoms with Gasteiger partial charge in [-0.15, -0.1) is 0 Å². The van der Waals surface area contributed by atoms with Crippen LogP contribution in [0.3, 0.4) is 0 Å². The number of carbonyl (C=O) groups is 1. The molecule has 0 radical (unpaired) electrons. The fourth-order valence-corrected chi connectivity index (χ4v) is 3.27. The van der Waals surface area contributed by atoms with Gasteiger partial charge in [-0.1, -0.05) is 19.1 Å². The van der Waals surface area contributed by atoms with E-state index in [0.717, 1.165) is 57.1 Å². The molecule has 1 aromatic carbocycles. The average Bonchev–Trinajstić information content (AvgIpc) is 2.73. The van der Waals surface area contributed by atoms with Crippen molar-refractivity contribution in [3.05, 3.63) is 53.9 Å². The average molecular weight is 368 g/mol. The van der Waals surface area contributed by atoms with E-state index in [-0.39, 0.29) is 5.91 Å². The molecule has 6 nitrogen and oxygen atoms in total. The maximum atomic E-state index is 12.7. The van der Waals surface area contributed by atoms with E-state index in [4.69, 9.17) is 4.74 Å². The third kappa shape index (κ3) is 5.20. The Morgan fingerprint density at radius 2 is 2.00 bits per heavy atom. The van der Waals surface area contributed by atoms with Crippen molar-refractivity contribution in [1.82, 2.24) is 14.8 Å². The van der Waals surface area contributed by atoms with Gasteiger partial charge >= 0.3 is 0 Å². The van der Waals surface area contributed by atoms with E-state index in [2.05, 4.69) is 28.2 Å². The van der Waals surface area contributed by atoms with Crippen molar-refractivity contribution >= 4 is 11.6 Å². The van der Waals surface area contributed by atoms with Crippen molar-refractivity contribution in [2.24, 2.45) is 0 Å². The van der Waals surface area contributed by atoms with E-state index < -0.39 is 0 Å². The molecule has 0 saturated carbocycles. The fraction of sp³-hybridized carbons (Fsp3) is 0.429. The van der Waals surface area contributed by atoms with Crippen LogP contribution in [0.5, 0.6) is 5.75 Å². The summed E-state index contributed by atoms with van der Waals surface area (Å²) in [5.74, 6) is 0.884. The number of nitrogens with zero attached hydrogens (tertiary/aromatic N) is 3. The lowest BCUT2D eigenvalue weighted by atomic mass is 10.1. The molecule has 3 rings (SSSR count). The number of piperazine rings is 1. The zero-order valence-corrected chi connectivity index (χ0v) is 16.1. The molecule has 2 aromatic rings.